The fraction of sp³-hybridized carbons (Fsp3) is 0.800. The number of aliphatic hydroxyl groups excluding tert-OH is 2. The molecule has 10 N–H and O–H groups in total. The number of carbonyl (C=O) groups is 2. The van der Waals surface area contributed by atoms with Crippen LogP contribution >= 0.6 is 0 Å². The number of carbonyl (C=O) groups excluding carboxylic acids is 2. The van der Waals surface area contributed by atoms with Crippen LogP contribution in [0.1, 0.15) is 45.4 Å². The van der Waals surface area contributed by atoms with Gasteiger partial charge in [0.2, 0.25) is 0 Å². The molecule has 0 aromatic carbocycles. The fourth-order valence-corrected chi connectivity index (χ4v) is 2.56. The zero-order valence-corrected chi connectivity index (χ0v) is 19.2. The minimum Gasteiger partial charge on any atom is -0.462 e. The van der Waals surface area contributed by atoms with Gasteiger partial charge in [0.05, 0.1) is 12.4 Å². The van der Waals surface area contributed by atoms with Gasteiger partial charge in [-0.05, 0) is 45.4 Å². The highest BCUT2D eigenvalue weighted by molar-refractivity contribution is 5.81. The Morgan fingerprint density at radius 1 is 0.970 bits per heavy atom. The average molecular weight is 479 g/mol. The van der Waals surface area contributed by atoms with E-state index in [1.54, 1.807) is 6.92 Å². The lowest BCUT2D eigenvalue weighted by atomic mass is 10.1. The van der Waals surface area contributed by atoms with Crippen molar-refractivity contribution >= 4 is 23.6 Å². The van der Waals surface area contributed by atoms with Crippen LogP contribution in [0.5, 0.6) is 0 Å². The van der Waals surface area contributed by atoms with E-state index in [0.717, 1.165) is 0 Å². The zero-order valence-electron chi connectivity index (χ0n) is 19.2. The highest BCUT2D eigenvalue weighted by Gasteiger charge is 2.27. The summed E-state index contributed by atoms with van der Waals surface area (Å²) in [6, 6.07) is -1.87. The Morgan fingerprint density at radius 3 is 2.03 bits per heavy atom. The third kappa shape index (κ3) is 15.2. The normalized spacial score (nSPS) is 16.1. The highest BCUT2D eigenvalue weighted by Crippen LogP contribution is 2.08. The molecule has 0 saturated carbocycles. The summed E-state index contributed by atoms with van der Waals surface area (Å²) in [5.41, 5.74) is 22.2. The van der Waals surface area contributed by atoms with E-state index in [2.05, 4.69) is 9.98 Å². The molecule has 33 heavy (non-hydrogen) atoms. The summed E-state index contributed by atoms with van der Waals surface area (Å²) in [5, 5.41) is 19.5. The van der Waals surface area contributed by atoms with Gasteiger partial charge in [0.25, 0.3) is 0 Å². The maximum atomic E-state index is 12.2. The number of ether oxygens (including phenoxy) is 2. The molecule has 0 aliphatic rings. The number of alkyl halides is 1. The van der Waals surface area contributed by atoms with Gasteiger partial charge in [-0.1, -0.05) is 0 Å². The topological polar surface area (TPSA) is 222 Å². The monoisotopic (exact) mass is 478 g/mol. The second kappa shape index (κ2) is 18.1. The van der Waals surface area contributed by atoms with Crippen LogP contribution in [0.15, 0.2) is 9.98 Å². The average Bonchev–Trinajstić information content (AvgIpc) is 2.79. The Labute approximate surface area is 193 Å². The van der Waals surface area contributed by atoms with Crippen molar-refractivity contribution in [3.05, 3.63) is 0 Å². The van der Waals surface area contributed by atoms with Crippen LogP contribution in [0.3, 0.4) is 0 Å². The summed E-state index contributed by atoms with van der Waals surface area (Å²) in [6.45, 7) is 0.513. The largest absolute Gasteiger partial charge is 0.462 e. The van der Waals surface area contributed by atoms with Crippen molar-refractivity contribution in [1.29, 1.82) is 0 Å². The number of esters is 2. The first-order chi connectivity index (χ1) is 15.6. The van der Waals surface area contributed by atoms with E-state index >= 15 is 0 Å². The molecule has 0 aromatic rings. The van der Waals surface area contributed by atoms with E-state index in [4.69, 9.17) is 32.4 Å². The highest BCUT2D eigenvalue weighted by atomic mass is 19.1. The number of hydrogen-bond acceptors (Lipinski definition) is 10. The van der Waals surface area contributed by atoms with Crippen molar-refractivity contribution in [2.75, 3.05) is 33.0 Å². The lowest BCUT2D eigenvalue weighted by Gasteiger charge is -2.23. The SMILES string of the molecule is CC(N)=NCCCCC(N)C(=O)OC(CO)C(O)COC(=O)C(N)CCCCN=C(N)CF. The zero-order chi connectivity index (χ0) is 25.2. The number of aliphatic hydroxyl groups is 2. The van der Waals surface area contributed by atoms with E-state index in [0.29, 0.717) is 57.5 Å². The number of aliphatic imine (C=N–C) groups is 2. The van der Waals surface area contributed by atoms with Crippen LogP contribution in [-0.2, 0) is 19.1 Å². The van der Waals surface area contributed by atoms with Gasteiger partial charge in [0, 0.05) is 13.1 Å². The van der Waals surface area contributed by atoms with E-state index in [1.165, 1.54) is 0 Å². The van der Waals surface area contributed by atoms with Crippen LogP contribution in [0.2, 0.25) is 0 Å². The van der Waals surface area contributed by atoms with Crippen molar-refractivity contribution in [3.63, 3.8) is 0 Å². The van der Waals surface area contributed by atoms with Crippen LogP contribution < -0.4 is 22.9 Å². The molecule has 0 rings (SSSR count). The van der Waals surface area contributed by atoms with Gasteiger partial charge in [0.15, 0.2) is 6.10 Å². The summed E-state index contributed by atoms with van der Waals surface area (Å²) < 4.78 is 22.1. The molecule has 0 heterocycles. The van der Waals surface area contributed by atoms with Crippen LogP contribution in [-0.4, -0.2) is 91.1 Å². The molecule has 0 aromatic heterocycles. The Balaban J connectivity index is 4.27. The predicted octanol–water partition coefficient (Wildman–Crippen LogP) is -1.51. The summed E-state index contributed by atoms with van der Waals surface area (Å²) in [7, 11) is 0. The minimum absolute atomic E-state index is 0.0832. The fourth-order valence-electron chi connectivity index (χ4n) is 2.56. The van der Waals surface area contributed by atoms with Gasteiger partial charge < -0.3 is 42.6 Å². The lowest BCUT2D eigenvalue weighted by Crippen LogP contribution is -2.43. The Kier molecular flexibility index (Phi) is 16.8. The van der Waals surface area contributed by atoms with Crippen molar-refractivity contribution < 1.29 is 33.7 Å². The molecule has 13 heteroatoms. The molecule has 0 bridgehead atoms. The third-order valence-corrected chi connectivity index (χ3v) is 4.54. The number of halogens is 1. The quantitative estimate of drug-likeness (QED) is 0.0578. The molecule has 0 aliphatic carbocycles. The summed E-state index contributed by atoms with van der Waals surface area (Å²) in [4.78, 5) is 31.9. The molecule has 4 atom stereocenters. The number of nitrogens with zero attached hydrogens (tertiary/aromatic N) is 2. The molecule has 4 unspecified atom stereocenters. The summed E-state index contributed by atoms with van der Waals surface area (Å²) >= 11 is 0. The lowest BCUT2D eigenvalue weighted by molar-refractivity contribution is -0.166. The van der Waals surface area contributed by atoms with Crippen molar-refractivity contribution in [2.45, 2.75) is 69.7 Å². The first-order valence-electron chi connectivity index (χ1n) is 10.9. The Bertz CT molecular complexity index is 632. The molecular weight excluding hydrogens is 439 g/mol. The first-order valence-corrected chi connectivity index (χ1v) is 10.9. The smallest absolute Gasteiger partial charge is 0.323 e. The van der Waals surface area contributed by atoms with Gasteiger partial charge >= 0.3 is 11.9 Å². The van der Waals surface area contributed by atoms with Gasteiger partial charge in [-0.15, -0.1) is 0 Å². The summed E-state index contributed by atoms with van der Waals surface area (Å²) in [5.74, 6) is -1.15. The van der Waals surface area contributed by atoms with Gasteiger partial charge in [-0.3, -0.25) is 19.6 Å². The van der Waals surface area contributed by atoms with Crippen molar-refractivity contribution in [3.8, 4) is 0 Å². The second-order valence-corrected chi connectivity index (χ2v) is 7.59. The minimum atomic E-state index is -1.46. The molecular formula is C20H39FN6O6. The van der Waals surface area contributed by atoms with Crippen LogP contribution in [0.25, 0.3) is 0 Å². The van der Waals surface area contributed by atoms with Gasteiger partial charge in [-0.25, -0.2) is 4.39 Å². The molecule has 0 spiro atoms. The van der Waals surface area contributed by atoms with Gasteiger partial charge in [0.1, 0.15) is 37.3 Å². The number of hydrogen-bond donors (Lipinski definition) is 6. The predicted molar refractivity (Wildman–Crippen MR) is 122 cm³/mol. The number of rotatable bonds is 18. The molecule has 0 fully saturated rings. The number of amidine groups is 2. The van der Waals surface area contributed by atoms with Crippen LogP contribution in [0, 0.1) is 0 Å². The number of unbranched alkanes of at least 4 members (excludes halogenated alkanes) is 2. The van der Waals surface area contributed by atoms with Crippen molar-refractivity contribution in [2.24, 2.45) is 32.9 Å². The Morgan fingerprint density at radius 2 is 1.52 bits per heavy atom. The van der Waals surface area contributed by atoms with E-state index in [9.17, 15) is 24.2 Å². The molecule has 192 valence electrons. The second-order valence-electron chi connectivity index (χ2n) is 7.59. The molecule has 12 nitrogen and oxygen atoms in total. The third-order valence-electron chi connectivity index (χ3n) is 4.54. The first kappa shape index (κ1) is 30.6. The number of nitrogens with two attached hydrogens (primary N) is 4. The van der Waals surface area contributed by atoms with Gasteiger partial charge in [-0.2, -0.15) is 0 Å². The molecule has 0 radical (unpaired) electrons. The van der Waals surface area contributed by atoms with E-state index in [1.807, 2.05) is 0 Å². The maximum Gasteiger partial charge on any atom is 0.323 e. The molecule has 0 aliphatic heterocycles. The standard InChI is InChI=1S/C20H39FN6O6/c1-13(22)26-8-4-2-7-15(24)20(31)33-17(11-28)16(29)12-32-19(30)14(23)6-3-5-9-27-18(25)10-21/h14-17,28-29H,2-12,23-24H2,1H3,(H2,22,26)(H2,25,27). The van der Waals surface area contributed by atoms with Crippen LogP contribution in [0.4, 0.5) is 4.39 Å². The maximum absolute atomic E-state index is 12.2. The molecule has 0 saturated heterocycles. The Hall–Kier alpha value is -2.35. The van der Waals surface area contributed by atoms with E-state index in [-0.39, 0.29) is 5.84 Å². The molecule has 0 amide bonds. The summed E-state index contributed by atoms with van der Waals surface area (Å²) in [6.07, 6.45) is 0.270. The van der Waals surface area contributed by atoms with Crippen molar-refractivity contribution in [1.82, 2.24) is 0 Å². The van der Waals surface area contributed by atoms with E-state index < -0.39 is 56.1 Å².